The van der Waals surface area contributed by atoms with Gasteiger partial charge < -0.3 is 14.8 Å². The number of likely N-dealkylation sites (N-methyl/N-ethyl adjacent to an activating group) is 1. The Hall–Kier alpha value is -2.78. The van der Waals surface area contributed by atoms with Crippen LogP contribution in [0.1, 0.15) is 17.5 Å². The molecule has 0 fully saturated rings. The molecule has 0 bridgehead atoms. The second-order valence-corrected chi connectivity index (χ2v) is 9.43. The lowest BCUT2D eigenvalue weighted by Crippen LogP contribution is -2.29. The average Bonchev–Trinajstić information content (AvgIpc) is 2.70. The highest BCUT2D eigenvalue weighted by atomic mass is 32.2. The van der Waals surface area contributed by atoms with Gasteiger partial charge in [0.25, 0.3) is 0 Å². The third-order valence-electron chi connectivity index (χ3n) is 4.97. The summed E-state index contributed by atoms with van der Waals surface area (Å²) in [6.07, 6.45) is 2.29. The van der Waals surface area contributed by atoms with Gasteiger partial charge in [-0.3, -0.25) is 14.4 Å². The van der Waals surface area contributed by atoms with E-state index in [9.17, 15) is 13.2 Å². The molecule has 168 valence electrons. The minimum absolute atomic E-state index is 0.0498. The van der Waals surface area contributed by atoms with Crippen LogP contribution in [0.4, 0.5) is 11.4 Å². The zero-order valence-corrected chi connectivity index (χ0v) is 18.9. The maximum absolute atomic E-state index is 11.7. The molecule has 8 nitrogen and oxygen atoms in total. The fourth-order valence-electron chi connectivity index (χ4n) is 3.32. The van der Waals surface area contributed by atoms with Gasteiger partial charge in [0, 0.05) is 30.8 Å². The van der Waals surface area contributed by atoms with E-state index in [0.29, 0.717) is 37.5 Å². The molecule has 31 heavy (non-hydrogen) atoms. The van der Waals surface area contributed by atoms with Crippen LogP contribution < -0.4 is 19.5 Å². The number of hydrogen-bond acceptors (Lipinski definition) is 6. The van der Waals surface area contributed by atoms with Crippen LogP contribution in [-0.4, -0.2) is 58.8 Å². The molecule has 1 heterocycles. The topological polar surface area (TPSA) is 97.0 Å². The fraction of sp³-hybridized carbons (Fsp3) is 0.409. The predicted octanol–water partition coefficient (Wildman–Crippen LogP) is 2.64. The van der Waals surface area contributed by atoms with Gasteiger partial charge in [-0.25, -0.2) is 8.42 Å². The summed E-state index contributed by atoms with van der Waals surface area (Å²) < 4.78 is 36.6. The highest BCUT2D eigenvalue weighted by molar-refractivity contribution is 7.92. The van der Waals surface area contributed by atoms with Gasteiger partial charge in [0.1, 0.15) is 24.7 Å². The molecule has 2 N–H and O–H groups in total. The molecule has 0 aromatic heterocycles. The zero-order valence-electron chi connectivity index (χ0n) is 18.1. The van der Waals surface area contributed by atoms with Crippen LogP contribution in [0.25, 0.3) is 0 Å². The summed E-state index contributed by atoms with van der Waals surface area (Å²) in [5, 5.41) is 2.95. The number of rotatable bonds is 10. The summed E-state index contributed by atoms with van der Waals surface area (Å²) in [4.78, 5) is 13.8. The average molecular weight is 448 g/mol. The summed E-state index contributed by atoms with van der Waals surface area (Å²) in [6, 6.07) is 10.7. The van der Waals surface area contributed by atoms with E-state index >= 15 is 0 Å². The monoisotopic (exact) mass is 447 g/mol. The Balaban J connectivity index is 1.41. The Bertz CT molecular complexity index is 1020. The quantitative estimate of drug-likeness (QED) is 0.581. The first-order chi connectivity index (χ1) is 14.7. The highest BCUT2D eigenvalue weighted by Gasteiger charge is 2.20. The molecule has 0 atom stereocenters. The van der Waals surface area contributed by atoms with Crippen molar-refractivity contribution in [2.45, 2.75) is 19.8 Å². The van der Waals surface area contributed by atoms with Crippen molar-refractivity contribution in [2.75, 3.05) is 49.6 Å². The molecule has 3 rings (SSSR count). The number of fused-ring (bicyclic) bond motifs is 1. The van der Waals surface area contributed by atoms with Crippen molar-refractivity contribution in [3.05, 3.63) is 47.5 Å². The van der Waals surface area contributed by atoms with E-state index in [4.69, 9.17) is 9.47 Å². The molecule has 2 aromatic carbocycles. The van der Waals surface area contributed by atoms with E-state index in [1.54, 1.807) is 24.3 Å². The van der Waals surface area contributed by atoms with Crippen molar-refractivity contribution >= 4 is 27.3 Å². The SMILES string of the molecule is Cc1ccc(OCCN(C)CCOc2ccc(NS(C)(=O)=O)cc2)c2c1NC(=O)CC2. The number of ether oxygens (including phenoxy) is 2. The number of carbonyl (C=O) groups excluding carboxylic acids is 1. The number of benzene rings is 2. The minimum atomic E-state index is -3.28. The van der Waals surface area contributed by atoms with E-state index in [1.165, 1.54) is 0 Å². The van der Waals surface area contributed by atoms with E-state index in [1.807, 2.05) is 26.1 Å². The van der Waals surface area contributed by atoms with Gasteiger partial charge >= 0.3 is 0 Å². The molecule has 0 saturated carbocycles. The standard InChI is InChI=1S/C22H29N3O5S/c1-16-4-10-20(19-9-11-21(26)23-22(16)19)30-15-13-25(2)12-14-29-18-7-5-17(6-8-18)24-31(3,27)28/h4-8,10,24H,9,11-15H2,1-3H3,(H,23,26). The molecule has 9 heteroatoms. The summed E-state index contributed by atoms with van der Waals surface area (Å²) in [6.45, 7) is 4.47. The second-order valence-electron chi connectivity index (χ2n) is 7.68. The Labute approximate surface area is 183 Å². The fourth-order valence-corrected chi connectivity index (χ4v) is 3.88. The lowest BCUT2D eigenvalue weighted by molar-refractivity contribution is -0.116. The summed E-state index contributed by atoms with van der Waals surface area (Å²) in [5.74, 6) is 1.55. The molecular weight excluding hydrogens is 418 g/mol. The normalized spacial score (nSPS) is 13.5. The van der Waals surface area contributed by atoms with Crippen LogP contribution in [0, 0.1) is 6.92 Å². The molecule has 1 amide bonds. The van der Waals surface area contributed by atoms with E-state index in [2.05, 4.69) is 14.9 Å². The molecule has 2 aromatic rings. The third-order valence-corrected chi connectivity index (χ3v) is 5.58. The van der Waals surface area contributed by atoms with Crippen molar-refractivity contribution < 1.29 is 22.7 Å². The van der Waals surface area contributed by atoms with E-state index < -0.39 is 10.0 Å². The summed E-state index contributed by atoms with van der Waals surface area (Å²) in [7, 11) is -1.29. The Morgan fingerprint density at radius 1 is 1.03 bits per heavy atom. The molecule has 1 aliphatic heterocycles. The maximum atomic E-state index is 11.7. The van der Waals surface area contributed by atoms with Crippen molar-refractivity contribution in [3.8, 4) is 11.5 Å². The number of anilines is 2. The van der Waals surface area contributed by atoms with Crippen LogP contribution in [0.15, 0.2) is 36.4 Å². The molecule has 0 radical (unpaired) electrons. The van der Waals surface area contributed by atoms with Crippen molar-refractivity contribution in [2.24, 2.45) is 0 Å². The summed E-state index contributed by atoms with van der Waals surface area (Å²) in [5.41, 5.74) is 3.50. The summed E-state index contributed by atoms with van der Waals surface area (Å²) >= 11 is 0. The van der Waals surface area contributed by atoms with Gasteiger partial charge in [-0.15, -0.1) is 0 Å². The lowest BCUT2D eigenvalue weighted by Gasteiger charge is -2.23. The number of sulfonamides is 1. The van der Waals surface area contributed by atoms with E-state index in [-0.39, 0.29) is 5.91 Å². The van der Waals surface area contributed by atoms with Gasteiger partial charge in [0.2, 0.25) is 15.9 Å². The number of hydrogen-bond donors (Lipinski definition) is 2. The van der Waals surface area contributed by atoms with Crippen molar-refractivity contribution in [1.29, 1.82) is 0 Å². The first-order valence-corrected chi connectivity index (χ1v) is 12.0. The lowest BCUT2D eigenvalue weighted by atomic mass is 9.98. The predicted molar refractivity (Wildman–Crippen MR) is 122 cm³/mol. The zero-order chi connectivity index (χ0) is 22.4. The van der Waals surface area contributed by atoms with Crippen LogP contribution in [0.2, 0.25) is 0 Å². The molecule has 0 saturated heterocycles. The van der Waals surface area contributed by atoms with E-state index in [0.717, 1.165) is 41.9 Å². The Kier molecular flexibility index (Phi) is 7.40. The van der Waals surface area contributed by atoms with Crippen LogP contribution in [0.3, 0.4) is 0 Å². The number of aryl methyl sites for hydroxylation is 1. The molecule has 0 aliphatic carbocycles. The first kappa shape index (κ1) is 22.9. The molecule has 0 spiro atoms. The first-order valence-electron chi connectivity index (χ1n) is 10.2. The van der Waals surface area contributed by atoms with Crippen LogP contribution >= 0.6 is 0 Å². The second kappa shape index (κ2) is 10.0. The third kappa shape index (κ3) is 6.86. The Morgan fingerprint density at radius 3 is 2.39 bits per heavy atom. The maximum Gasteiger partial charge on any atom is 0.229 e. The van der Waals surface area contributed by atoms with Gasteiger partial charge in [-0.2, -0.15) is 0 Å². The van der Waals surface area contributed by atoms with Gasteiger partial charge in [-0.1, -0.05) is 6.07 Å². The van der Waals surface area contributed by atoms with Gasteiger partial charge in [-0.05, 0) is 56.3 Å². The number of amides is 1. The number of nitrogens with zero attached hydrogens (tertiary/aromatic N) is 1. The number of carbonyl (C=O) groups is 1. The molecule has 0 unspecified atom stereocenters. The number of nitrogens with one attached hydrogen (secondary N) is 2. The van der Waals surface area contributed by atoms with Gasteiger partial charge in [0.05, 0.1) is 11.9 Å². The van der Waals surface area contributed by atoms with Crippen molar-refractivity contribution in [3.63, 3.8) is 0 Å². The van der Waals surface area contributed by atoms with Gasteiger partial charge in [0.15, 0.2) is 0 Å². The minimum Gasteiger partial charge on any atom is -0.492 e. The largest absolute Gasteiger partial charge is 0.492 e. The molecular formula is C22H29N3O5S. The smallest absolute Gasteiger partial charge is 0.229 e. The van der Waals surface area contributed by atoms with Crippen LogP contribution in [-0.2, 0) is 21.2 Å². The Morgan fingerprint density at radius 2 is 1.71 bits per heavy atom. The van der Waals surface area contributed by atoms with Crippen molar-refractivity contribution in [1.82, 2.24) is 4.90 Å². The highest BCUT2D eigenvalue weighted by Crippen LogP contribution is 2.34. The van der Waals surface area contributed by atoms with Crippen LogP contribution in [0.5, 0.6) is 11.5 Å². The molecule has 1 aliphatic rings.